The fraction of sp³-hybridized carbons (Fsp3) is 0.294. The highest BCUT2D eigenvalue weighted by molar-refractivity contribution is 5.53. The number of hydrogen-bond acceptors (Lipinski definition) is 3. The van der Waals surface area contributed by atoms with Crippen molar-refractivity contribution in [3.63, 3.8) is 0 Å². The Morgan fingerprint density at radius 2 is 1.41 bits per heavy atom. The zero-order chi connectivity index (χ0) is 15.2. The van der Waals surface area contributed by atoms with Crippen molar-refractivity contribution in [2.24, 2.45) is 0 Å². The number of quaternary nitrogens is 1. The SMILES string of the molecule is COc1cc(C[NH2+]c2ccc(C)cc2)cc(OC)c1OC.[Cl-]. The van der Waals surface area contributed by atoms with Crippen LogP contribution in [0.15, 0.2) is 36.4 Å². The van der Waals surface area contributed by atoms with Gasteiger partial charge in [-0.15, -0.1) is 0 Å². The highest BCUT2D eigenvalue weighted by atomic mass is 35.5. The zero-order valence-corrected chi connectivity index (χ0v) is 14.1. The van der Waals surface area contributed by atoms with Crippen molar-refractivity contribution in [2.45, 2.75) is 13.5 Å². The summed E-state index contributed by atoms with van der Waals surface area (Å²) < 4.78 is 16.1. The van der Waals surface area contributed by atoms with E-state index < -0.39 is 0 Å². The van der Waals surface area contributed by atoms with Crippen LogP contribution < -0.4 is 31.9 Å². The largest absolute Gasteiger partial charge is 1.00 e. The Kier molecular flexibility index (Phi) is 7.02. The molecule has 22 heavy (non-hydrogen) atoms. The van der Waals surface area contributed by atoms with Crippen LogP contribution in [0.3, 0.4) is 0 Å². The summed E-state index contributed by atoms with van der Waals surface area (Å²) in [5, 5.41) is 2.18. The first-order valence-electron chi connectivity index (χ1n) is 6.86. The van der Waals surface area contributed by atoms with Crippen molar-refractivity contribution in [3.8, 4) is 17.2 Å². The average molecular weight is 324 g/mol. The number of benzene rings is 2. The van der Waals surface area contributed by atoms with Gasteiger partial charge in [0, 0.05) is 5.56 Å². The summed E-state index contributed by atoms with van der Waals surface area (Å²) in [7, 11) is 4.87. The molecular weight excluding hydrogens is 302 g/mol. The van der Waals surface area contributed by atoms with Crippen LogP contribution in [0.4, 0.5) is 5.69 Å². The third kappa shape index (κ3) is 4.29. The minimum absolute atomic E-state index is 0. The molecule has 5 heteroatoms. The molecule has 0 bridgehead atoms. The van der Waals surface area contributed by atoms with Crippen LogP contribution in [-0.2, 0) is 6.54 Å². The van der Waals surface area contributed by atoms with E-state index in [1.54, 1.807) is 21.3 Å². The standard InChI is InChI=1S/C17H21NO3.ClH/c1-12-5-7-14(8-6-12)18-11-13-9-15(19-2)17(21-4)16(10-13)20-3;/h5-10,18H,11H2,1-4H3;1H. The number of ether oxygens (including phenoxy) is 3. The first-order chi connectivity index (χ1) is 10.2. The Morgan fingerprint density at radius 1 is 0.864 bits per heavy atom. The molecule has 0 radical (unpaired) electrons. The van der Waals surface area contributed by atoms with Crippen LogP contribution in [-0.4, -0.2) is 21.3 Å². The van der Waals surface area contributed by atoms with Gasteiger partial charge in [0.25, 0.3) is 0 Å². The highest BCUT2D eigenvalue weighted by Crippen LogP contribution is 2.37. The van der Waals surface area contributed by atoms with Crippen molar-refractivity contribution in [1.29, 1.82) is 0 Å². The summed E-state index contributed by atoms with van der Waals surface area (Å²) >= 11 is 0. The predicted molar refractivity (Wildman–Crippen MR) is 82.6 cm³/mol. The third-order valence-corrected chi connectivity index (χ3v) is 3.38. The molecule has 120 valence electrons. The first-order valence-corrected chi connectivity index (χ1v) is 6.86. The summed E-state index contributed by atoms with van der Waals surface area (Å²) in [4.78, 5) is 0. The topological polar surface area (TPSA) is 44.3 Å². The molecule has 0 aliphatic carbocycles. The number of aryl methyl sites for hydroxylation is 1. The number of nitrogens with two attached hydrogens (primary N) is 1. The molecule has 0 unspecified atom stereocenters. The molecule has 0 aliphatic heterocycles. The van der Waals surface area contributed by atoms with Crippen LogP contribution in [0.25, 0.3) is 0 Å². The van der Waals surface area contributed by atoms with E-state index in [9.17, 15) is 0 Å². The summed E-state index contributed by atoms with van der Waals surface area (Å²) in [6, 6.07) is 12.4. The Bertz CT molecular complexity index is 574. The number of methoxy groups -OCH3 is 3. The Hall–Kier alpha value is -1.91. The van der Waals surface area contributed by atoms with E-state index in [0.717, 1.165) is 12.1 Å². The van der Waals surface area contributed by atoms with Crippen molar-refractivity contribution in [3.05, 3.63) is 47.5 Å². The van der Waals surface area contributed by atoms with Gasteiger partial charge in [-0.3, -0.25) is 0 Å². The van der Waals surface area contributed by atoms with E-state index in [4.69, 9.17) is 14.2 Å². The molecule has 0 heterocycles. The molecule has 2 N–H and O–H groups in total. The quantitative estimate of drug-likeness (QED) is 0.724. The smallest absolute Gasteiger partial charge is 0.203 e. The molecule has 0 spiro atoms. The summed E-state index contributed by atoms with van der Waals surface area (Å²) in [5.41, 5.74) is 3.58. The molecular formula is C17H22ClNO3. The lowest BCUT2D eigenvalue weighted by Gasteiger charge is -2.13. The summed E-state index contributed by atoms with van der Waals surface area (Å²) in [5.74, 6) is 1.99. The lowest BCUT2D eigenvalue weighted by Crippen LogP contribution is -3.00. The van der Waals surface area contributed by atoms with Gasteiger partial charge in [-0.1, -0.05) is 17.7 Å². The maximum Gasteiger partial charge on any atom is 0.203 e. The van der Waals surface area contributed by atoms with E-state index in [2.05, 4.69) is 36.5 Å². The molecule has 0 aliphatic rings. The number of hydrogen-bond donors (Lipinski definition) is 1. The van der Waals surface area contributed by atoms with Gasteiger partial charge in [0.15, 0.2) is 11.5 Å². The van der Waals surface area contributed by atoms with Crippen LogP contribution in [0.2, 0.25) is 0 Å². The van der Waals surface area contributed by atoms with E-state index in [-0.39, 0.29) is 12.4 Å². The fourth-order valence-corrected chi connectivity index (χ4v) is 2.19. The minimum atomic E-state index is 0. The average Bonchev–Trinajstić information content (AvgIpc) is 2.53. The lowest BCUT2D eigenvalue weighted by atomic mass is 10.1. The van der Waals surface area contributed by atoms with Crippen LogP contribution in [0.5, 0.6) is 17.2 Å². The molecule has 0 aromatic heterocycles. The van der Waals surface area contributed by atoms with Gasteiger partial charge in [-0.05, 0) is 31.2 Å². The summed E-state index contributed by atoms with van der Waals surface area (Å²) in [6.45, 7) is 2.89. The fourth-order valence-electron chi connectivity index (χ4n) is 2.19. The third-order valence-electron chi connectivity index (χ3n) is 3.38. The second-order valence-electron chi connectivity index (χ2n) is 4.85. The van der Waals surface area contributed by atoms with E-state index in [1.807, 2.05) is 12.1 Å². The van der Waals surface area contributed by atoms with Gasteiger partial charge in [0.1, 0.15) is 12.2 Å². The predicted octanol–water partition coefficient (Wildman–Crippen LogP) is -0.580. The Morgan fingerprint density at radius 3 is 1.86 bits per heavy atom. The lowest BCUT2D eigenvalue weighted by molar-refractivity contribution is -0.588. The van der Waals surface area contributed by atoms with Gasteiger partial charge < -0.3 is 31.9 Å². The maximum absolute atomic E-state index is 5.37. The van der Waals surface area contributed by atoms with E-state index in [0.29, 0.717) is 17.2 Å². The molecule has 2 rings (SSSR count). The van der Waals surface area contributed by atoms with Crippen LogP contribution >= 0.6 is 0 Å². The molecule has 0 saturated carbocycles. The molecule has 0 fully saturated rings. The van der Waals surface area contributed by atoms with E-state index >= 15 is 0 Å². The Labute approximate surface area is 137 Å². The minimum Gasteiger partial charge on any atom is -1.00 e. The van der Waals surface area contributed by atoms with Crippen molar-refractivity contribution in [1.82, 2.24) is 0 Å². The first kappa shape index (κ1) is 18.1. The second kappa shape index (κ2) is 8.51. The maximum atomic E-state index is 5.37. The highest BCUT2D eigenvalue weighted by Gasteiger charge is 2.13. The van der Waals surface area contributed by atoms with Gasteiger partial charge in [0.05, 0.1) is 21.3 Å². The van der Waals surface area contributed by atoms with Crippen LogP contribution in [0, 0.1) is 6.92 Å². The van der Waals surface area contributed by atoms with Gasteiger partial charge in [-0.25, -0.2) is 0 Å². The van der Waals surface area contributed by atoms with Gasteiger partial charge in [-0.2, -0.15) is 0 Å². The van der Waals surface area contributed by atoms with Crippen molar-refractivity contribution in [2.75, 3.05) is 21.3 Å². The summed E-state index contributed by atoms with van der Waals surface area (Å²) in [6.07, 6.45) is 0. The number of rotatable bonds is 6. The van der Waals surface area contributed by atoms with Gasteiger partial charge >= 0.3 is 0 Å². The van der Waals surface area contributed by atoms with Crippen molar-refractivity contribution >= 4 is 5.69 Å². The van der Waals surface area contributed by atoms with E-state index in [1.165, 1.54) is 11.3 Å². The molecule has 0 amide bonds. The Balaban J connectivity index is 0.00000242. The normalized spacial score (nSPS) is 9.82. The molecule has 2 aromatic rings. The van der Waals surface area contributed by atoms with Crippen molar-refractivity contribution < 1.29 is 31.9 Å². The molecule has 4 nitrogen and oxygen atoms in total. The monoisotopic (exact) mass is 323 g/mol. The second-order valence-corrected chi connectivity index (χ2v) is 4.85. The zero-order valence-electron chi connectivity index (χ0n) is 13.4. The molecule has 2 aromatic carbocycles. The van der Waals surface area contributed by atoms with Gasteiger partial charge in [0.2, 0.25) is 5.75 Å². The van der Waals surface area contributed by atoms with Crippen LogP contribution in [0.1, 0.15) is 11.1 Å². The number of halogens is 1. The molecule has 0 saturated heterocycles. The molecule has 0 atom stereocenters.